The van der Waals surface area contributed by atoms with Crippen LogP contribution in [0, 0.1) is 0 Å². The first-order valence-corrected chi connectivity index (χ1v) is 9.72. The highest BCUT2D eigenvalue weighted by molar-refractivity contribution is 7.99. The summed E-state index contributed by atoms with van der Waals surface area (Å²) in [7, 11) is 0. The van der Waals surface area contributed by atoms with E-state index >= 15 is 0 Å². The van der Waals surface area contributed by atoms with Gasteiger partial charge >= 0.3 is 0 Å². The molecular weight excluding hydrogens is 346 g/mol. The van der Waals surface area contributed by atoms with Gasteiger partial charge < -0.3 is 10.6 Å². The minimum Gasteiger partial charge on any atom is -0.348 e. The number of carbonyl (C=O) groups excluding carboxylic acids is 2. The molecule has 1 amide bonds. The number of amides is 1. The molecule has 0 spiro atoms. The second-order valence-electron chi connectivity index (χ2n) is 6.93. The zero-order valence-electron chi connectivity index (χ0n) is 14.6. The zero-order chi connectivity index (χ0) is 18.1. The van der Waals surface area contributed by atoms with E-state index in [4.69, 9.17) is 0 Å². The van der Waals surface area contributed by atoms with Crippen LogP contribution in [0.4, 0.5) is 0 Å². The summed E-state index contributed by atoms with van der Waals surface area (Å²) in [6.07, 6.45) is 5.05. The monoisotopic (exact) mass is 367 g/mol. The fourth-order valence-corrected chi connectivity index (χ4v) is 4.53. The maximum Gasteiger partial charge on any atom is 0.251 e. The molecule has 2 aliphatic rings. The minimum absolute atomic E-state index is 0.0161. The molecule has 6 heteroatoms. The van der Waals surface area contributed by atoms with E-state index in [2.05, 4.69) is 15.6 Å². The number of Topliss-reactive ketones (excluding diaryl/α,β-unsaturated/α-hetero) is 1. The second kappa shape index (κ2) is 7.21. The summed E-state index contributed by atoms with van der Waals surface area (Å²) in [5.41, 5.74) is 1.32. The molecule has 3 atom stereocenters. The van der Waals surface area contributed by atoms with Crippen molar-refractivity contribution in [2.45, 2.75) is 54.2 Å². The zero-order valence-corrected chi connectivity index (χ0v) is 15.4. The Hall–Kier alpha value is -2.18. The average molecular weight is 367 g/mol. The standard InChI is InChI=1S/C20H21N3O2S/c1-12(24)14-8-9-21-19(10-14)26-16-5-2-13(3-6-16)20(25)23-18-11-15-4-7-17(18)22-15/h2-3,5-6,8-10,15,17-18,22H,4,7,11H2,1H3,(H,23,25). The Morgan fingerprint density at radius 1 is 1.15 bits per heavy atom. The van der Waals surface area contributed by atoms with Gasteiger partial charge in [0.1, 0.15) is 5.03 Å². The highest BCUT2D eigenvalue weighted by atomic mass is 32.2. The lowest BCUT2D eigenvalue weighted by molar-refractivity contribution is 0.0930. The van der Waals surface area contributed by atoms with Gasteiger partial charge in [0.05, 0.1) is 0 Å². The maximum atomic E-state index is 12.5. The van der Waals surface area contributed by atoms with Crippen molar-refractivity contribution in [3.63, 3.8) is 0 Å². The lowest BCUT2D eigenvalue weighted by Gasteiger charge is -2.21. The number of hydrogen-bond donors (Lipinski definition) is 2. The number of fused-ring (bicyclic) bond motifs is 2. The van der Waals surface area contributed by atoms with E-state index in [1.165, 1.54) is 18.2 Å². The number of rotatable bonds is 5. The molecule has 2 saturated heterocycles. The van der Waals surface area contributed by atoms with Gasteiger partial charge in [-0.15, -0.1) is 0 Å². The number of nitrogens with zero attached hydrogens (tertiary/aromatic N) is 1. The molecule has 3 heterocycles. The first kappa shape index (κ1) is 17.2. The Kier molecular flexibility index (Phi) is 4.78. The third kappa shape index (κ3) is 3.66. The maximum absolute atomic E-state index is 12.5. The van der Waals surface area contributed by atoms with Gasteiger partial charge in [0.2, 0.25) is 0 Å². The molecular formula is C20H21N3O2S. The number of nitrogens with one attached hydrogen (secondary N) is 2. The smallest absolute Gasteiger partial charge is 0.251 e. The van der Waals surface area contributed by atoms with Crippen LogP contribution in [0.25, 0.3) is 0 Å². The van der Waals surface area contributed by atoms with Crippen molar-refractivity contribution in [3.05, 3.63) is 53.7 Å². The molecule has 2 N–H and O–H groups in total. The van der Waals surface area contributed by atoms with Crippen LogP contribution >= 0.6 is 11.8 Å². The second-order valence-corrected chi connectivity index (χ2v) is 8.02. The van der Waals surface area contributed by atoms with Gasteiger partial charge in [0.15, 0.2) is 5.78 Å². The molecule has 4 rings (SSSR count). The number of pyridine rings is 1. The SMILES string of the molecule is CC(=O)c1ccnc(Sc2ccc(C(=O)NC3CC4CCC3N4)cc2)c1. The topological polar surface area (TPSA) is 71.1 Å². The fourth-order valence-electron chi connectivity index (χ4n) is 3.71. The highest BCUT2D eigenvalue weighted by Gasteiger charge is 2.39. The molecule has 1 aromatic carbocycles. The van der Waals surface area contributed by atoms with E-state index in [0.29, 0.717) is 23.2 Å². The molecule has 0 aliphatic carbocycles. The Labute approximate surface area is 157 Å². The van der Waals surface area contributed by atoms with E-state index in [1.807, 2.05) is 24.3 Å². The molecule has 5 nitrogen and oxygen atoms in total. The molecule has 134 valence electrons. The van der Waals surface area contributed by atoms with Crippen LogP contribution < -0.4 is 10.6 Å². The summed E-state index contributed by atoms with van der Waals surface area (Å²) in [6.45, 7) is 1.54. The largest absolute Gasteiger partial charge is 0.348 e. The summed E-state index contributed by atoms with van der Waals surface area (Å²) < 4.78 is 0. The van der Waals surface area contributed by atoms with Gasteiger partial charge in [-0.2, -0.15) is 0 Å². The number of aromatic nitrogens is 1. The van der Waals surface area contributed by atoms with Gasteiger partial charge in [0, 0.05) is 40.3 Å². The lowest BCUT2D eigenvalue weighted by atomic mass is 9.95. The van der Waals surface area contributed by atoms with Crippen LogP contribution in [0.3, 0.4) is 0 Å². The molecule has 2 aliphatic heterocycles. The first-order valence-electron chi connectivity index (χ1n) is 8.90. The molecule has 2 bridgehead atoms. The fraction of sp³-hybridized carbons (Fsp3) is 0.350. The summed E-state index contributed by atoms with van der Waals surface area (Å²) in [5.74, 6) is 0.00831. The summed E-state index contributed by atoms with van der Waals surface area (Å²) >= 11 is 1.48. The van der Waals surface area contributed by atoms with Gasteiger partial charge in [0.25, 0.3) is 5.91 Å². The Morgan fingerprint density at radius 3 is 2.62 bits per heavy atom. The quantitative estimate of drug-likeness (QED) is 0.795. The van der Waals surface area contributed by atoms with Crippen LogP contribution in [-0.4, -0.2) is 34.8 Å². The van der Waals surface area contributed by atoms with E-state index < -0.39 is 0 Å². The molecule has 0 radical (unpaired) electrons. The molecule has 3 unspecified atom stereocenters. The van der Waals surface area contributed by atoms with E-state index in [9.17, 15) is 9.59 Å². The van der Waals surface area contributed by atoms with Crippen molar-refractivity contribution in [1.82, 2.24) is 15.6 Å². The number of benzene rings is 1. The third-order valence-electron chi connectivity index (χ3n) is 5.10. The van der Waals surface area contributed by atoms with Gasteiger partial charge in [-0.3, -0.25) is 9.59 Å². The lowest BCUT2D eigenvalue weighted by Crippen LogP contribution is -2.42. The predicted octanol–water partition coefficient (Wildman–Crippen LogP) is 3.06. The average Bonchev–Trinajstić information content (AvgIpc) is 3.25. The minimum atomic E-state index is -0.0161. The summed E-state index contributed by atoms with van der Waals surface area (Å²) in [4.78, 5) is 29.2. The van der Waals surface area contributed by atoms with E-state index in [0.717, 1.165) is 22.8 Å². The Morgan fingerprint density at radius 2 is 1.96 bits per heavy atom. The molecule has 2 fully saturated rings. The van der Waals surface area contributed by atoms with Crippen molar-refractivity contribution in [1.29, 1.82) is 0 Å². The van der Waals surface area contributed by atoms with Crippen LogP contribution in [0.1, 0.15) is 46.9 Å². The normalized spacial score (nSPS) is 23.8. The number of carbonyl (C=O) groups is 2. The van der Waals surface area contributed by atoms with E-state index in [-0.39, 0.29) is 17.7 Å². The van der Waals surface area contributed by atoms with Crippen molar-refractivity contribution >= 4 is 23.5 Å². The highest BCUT2D eigenvalue weighted by Crippen LogP contribution is 2.29. The first-order chi connectivity index (χ1) is 12.6. The van der Waals surface area contributed by atoms with Gasteiger partial charge in [-0.25, -0.2) is 4.98 Å². The summed E-state index contributed by atoms with van der Waals surface area (Å²) in [5, 5.41) is 7.46. The molecule has 26 heavy (non-hydrogen) atoms. The van der Waals surface area contributed by atoms with Gasteiger partial charge in [-0.05, 0) is 62.6 Å². The van der Waals surface area contributed by atoms with Gasteiger partial charge in [-0.1, -0.05) is 11.8 Å². The van der Waals surface area contributed by atoms with Crippen molar-refractivity contribution < 1.29 is 9.59 Å². The van der Waals surface area contributed by atoms with Crippen molar-refractivity contribution in [2.24, 2.45) is 0 Å². The van der Waals surface area contributed by atoms with Crippen molar-refractivity contribution in [3.8, 4) is 0 Å². The predicted molar refractivity (Wildman–Crippen MR) is 101 cm³/mol. The van der Waals surface area contributed by atoms with Crippen LogP contribution in [-0.2, 0) is 0 Å². The van der Waals surface area contributed by atoms with E-state index in [1.54, 1.807) is 25.3 Å². The molecule has 1 aromatic heterocycles. The van der Waals surface area contributed by atoms with Crippen LogP contribution in [0.15, 0.2) is 52.5 Å². The summed E-state index contributed by atoms with van der Waals surface area (Å²) in [6, 6.07) is 12.3. The van der Waals surface area contributed by atoms with Crippen molar-refractivity contribution in [2.75, 3.05) is 0 Å². The third-order valence-corrected chi connectivity index (χ3v) is 6.04. The number of ketones is 1. The Bertz CT molecular complexity index is 837. The molecule has 2 aromatic rings. The Balaban J connectivity index is 1.39. The van der Waals surface area contributed by atoms with Crippen LogP contribution in [0.2, 0.25) is 0 Å². The molecule has 0 saturated carbocycles. The van der Waals surface area contributed by atoms with Crippen LogP contribution in [0.5, 0.6) is 0 Å². The number of hydrogen-bond acceptors (Lipinski definition) is 5.